The molecule has 0 unspecified atom stereocenters. The highest BCUT2D eigenvalue weighted by atomic mass is 16.6. The first-order valence-corrected chi connectivity index (χ1v) is 4.88. The van der Waals surface area contributed by atoms with Gasteiger partial charge in [0.2, 0.25) is 5.91 Å². The first-order chi connectivity index (χ1) is 7.59. The second-order valence-electron chi connectivity index (χ2n) is 3.62. The Morgan fingerprint density at radius 1 is 1.38 bits per heavy atom. The normalized spacial score (nSPS) is 14.9. The van der Waals surface area contributed by atoms with E-state index >= 15 is 0 Å². The minimum Gasteiger partial charge on any atom is -0.508 e. The molecule has 16 heavy (non-hydrogen) atoms. The molecule has 2 rings (SSSR count). The Balaban J connectivity index is 2.60. The predicted molar refractivity (Wildman–Crippen MR) is 56.3 cm³/mol. The number of nitrogens with one attached hydrogen (secondary N) is 1. The third-order valence-corrected chi connectivity index (χ3v) is 2.56. The standard InChI is InChI=1S/C10H10N2O4/c13-8-5-4-7(12(15)16)10-6(8)2-1-3-9(14)11-10/h4-5,13H,1-3H2,(H,11,14). The molecule has 1 amide bonds. The number of benzene rings is 1. The molecule has 0 fully saturated rings. The molecule has 1 aliphatic heterocycles. The van der Waals surface area contributed by atoms with Gasteiger partial charge in [-0.3, -0.25) is 14.9 Å². The lowest BCUT2D eigenvalue weighted by atomic mass is 10.1. The second-order valence-corrected chi connectivity index (χ2v) is 3.62. The van der Waals surface area contributed by atoms with E-state index in [1.54, 1.807) is 0 Å². The Morgan fingerprint density at radius 3 is 2.81 bits per heavy atom. The van der Waals surface area contributed by atoms with Gasteiger partial charge in [-0.2, -0.15) is 0 Å². The molecule has 0 aliphatic carbocycles. The van der Waals surface area contributed by atoms with E-state index in [1.807, 2.05) is 0 Å². The van der Waals surface area contributed by atoms with Crippen LogP contribution in [0.1, 0.15) is 18.4 Å². The summed E-state index contributed by atoms with van der Waals surface area (Å²) in [4.78, 5) is 21.5. The summed E-state index contributed by atoms with van der Waals surface area (Å²) in [5.74, 6) is -0.268. The third-order valence-electron chi connectivity index (χ3n) is 2.56. The molecule has 0 saturated heterocycles. The molecule has 0 atom stereocenters. The number of carbonyl (C=O) groups is 1. The van der Waals surface area contributed by atoms with Gasteiger partial charge in [0, 0.05) is 18.1 Å². The molecular formula is C10H10N2O4. The SMILES string of the molecule is O=C1CCCc2c(O)ccc([N+](=O)[O-])c2N1. The number of phenols is 1. The van der Waals surface area contributed by atoms with Gasteiger partial charge in [0.05, 0.1) is 4.92 Å². The molecule has 0 bridgehead atoms. The number of phenolic OH excluding ortho intramolecular Hbond substituents is 1. The topological polar surface area (TPSA) is 92.5 Å². The number of anilines is 1. The van der Waals surface area contributed by atoms with E-state index in [9.17, 15) is 20.0 Å². The zero-order valence-electron chi connectivity index (χ0n) is 8.40. The summed E-state index contributed by atoms with van der Waals surface area (Å²) in [6.07, 6.45) is 1.35. The van der Waals surface area contributed by atoms with Gasteiger partial charge in [0.25, 0.3) is 5.69 Å². The third kappa shape index (κ3) is 1.69. The van der Waals surface area contributed by atoms with Gasteiger partial charge in [-0.25, -0.2) is 0 Å². The molecule has 6 nitrogen and oxygen atoms in total. The lowest BCUT2D eigenvalue weighted by Gasteiger charge is -2.08. The molecule has 0 aromatic heterocycles. The molecule has 1 aromatic carbocycles. The fourth-order valence-electron chi connectivity index (χ4n) is 1.80. The van der Waals surface area contributed by atoms with Crippen LogP contribution in [-0.2, 0) is 11.2 Å². The van der Waals surface area contributed by atoms with E-state index < -0.39 is 4.92 Å². The van der Waals surface area contributed by atoms with Crippen LogP contribution in [0.15, 0.2) is 12.1 Å². The number of hydrogen-bond donors (Lipinski definition) is 2. The summed E-state index contributed by atoms with van der Waals surface area (Å²) >= 11 is 0. The van der Waals surface area contributed by atoms with Crippen LogP contribution in [-0.4, -0.2) is 15.9 Å². The number of nitro groups is 1. The van der Waals surface area contributed by atoms with Crippen molar-refractivity contribution in [2.75, 3.05) is 5.32 Å². The van der Waals surface area contributed by atoms with Crippen LogP contribution in [0.3, 0.4) is 0 Å². The number of carbonyl (C=O) groups excluding carboxylic acids is 1. The average Bonchev–Trinajstić information content (AvgIpc) is 2.40. The first-order valence-electron chi connectivity index (χ1n) is 4.88. The van der Waals surface area contributed by atoms with Crippen LogP contribution in [0.2, 0.25) is 0 Å². The van der Waals surface area contributed by atoms with Crippen molar-refractivity contribution in [3.63, 3.8) is 0 Å². The number of rotatable bonds is 1. The molecule has 0 radical (unpaired) electrons. The van der Waals surface area contributed by atoms with Crippen molar-refractivity contribution in [2.45, 2.75) is 19.3 Å². The van der Waals surface area contributed by atoms with Crippen LogP contribution >= 0.6 is 0 Å². The monoisotopic (exact) mass is 222 g/mol. The van der Waals surface area contributed by atoms with Crippen LogP contribution in [0, 0.1) is 10.1 Å². The smallest absolute Gasteiger partial charge is 0.293 e. The van der Waals surface area contributed by atoms with Crippen molar-refractivity contribution in [1.82, 2.24) is 0 Å². The molecule has 0 spiro atoms. The summed E-state index contributed by atoms with van der Waals surface area (Å²) in [7, 11) is 0. The molecule has 84 valence electrons. The van der Waals surface area contributed by atoms with Gasteiger partial charge >= 0.3 is 0 Å². The van der Waals surface area contributed by atoms with Crippen molar-refractivity contribution in [1.29, 1.82) is 0 Å². The Bertz CT molecular complexity index is 470. The van der Waals surface area contributed by atoms with E-state index in [1.165, 1.54) is 12.1 Å². The highest BCUT2D eigenvalue weighted by molar-refractivity contribution is 5.95. The Kier molecular flexibility index (Phi) is 2.47. The summed E-state index contributed by atoms with van der Waals surface area (Å²) < 4.78 is 0. The maximum Gasteiger partial charge on any atom is 0.293 e. The molecule has 1 aliphatic rings. The zero-order valence-corrected chi connectivity index (χ0v) is 8.40. The quantitative estimate of drug-likeness (QED) is 0.557. The van der Waals surface area contributed by atoms with E-state index in [0.717, 1.165) is 0 Å². The van der Waals surface area contributed by atoms with Crippen molar-refractivity contribution >= 4 is 17.3 Å². The molecule has 1 heterocycles. The maximum absolute atomic E-state index is 11.3. The summed E-state index contributed by atoms with van der Waals surface area (Å²) in [5, 5.41) is 22.8. The Morgan fingerprint density at radius 2 is 2.12 bits per heavy atom. The van der Waals surface area contributed by atoms with E-state index in [2.05, 4.69) is 5.32 Å². The fraction of sp³-hybridized carbons (Fsp3) is 0.300. The van der Waals surface area contributed by atoms with E-state index in [4.69, 9.17) is 0 Å². The number of aromatic hydroxyl groups is 1. The predicted octanol–water partition coefficient (Wildman–Crippen LogP) is 1.58. The number of hydrogen-bond acceptors (Lipinski definition) is 4. The highest BCUT2D eigenvalue weighted by Gasteiger charge is 2.24. The summed E-state index contributed by atoms with van der Waals surface area (Å²) in [6.45, 7) is 0. The largest absolute Gasteiger partial charge is 0.508 e. The van der Waals surface area contributed by atoms with Crippen molar-refractivity contribution in [2.24, 2.45) is 0 Å². The van der Waals surface area contributed by atoms with Gasteiger partial charge in [-0.05, 0) is 18.9 Å². The average molecular weight is 222 g/mol. The lowest BCUT2D eigenvalue weighted by Crippen LogP contribution is -2.10. The lowest BCUT2D eigenvalue weighted by molar-refractivity contribution is -0.384. The molecule has 0 saturated carbocycles. The van der Waals surface area contributed by atoms with E-state index in [-0.39, 0.29) is 23.0 Å². The van der Waals surface area contributed by atoms with Crippen molar-refractivity contribution in [3.8, 4) is 5.75 Å². The number of nitrogens with zero attached hydrogens (tertiary/aromatic N) is 1. The highest BCUT2D eigenvalue weighted by Crippen LogP contribution is 2.37. The van der Waals surface area contributed by atoms with Gasteiger partial charge in [0.1, 0.15) is 11.4 Å². The molecule has 1 aromatic rings. The molecule has 2 N–H and O–H groups in total. The Hall–Kier alpha value is -2.11. The van der Waals surface area contributed by atoms with Crippen LogP contribution in [0.25, 0.3) is 0 Å². The van der Waals surface area contributed by atoms with E-state index in [0.29, 0.717) is 24.8 Å². The van der Waals surface area contributed by atoms with Gasteiger partial charge in [-0.1, -0.05) is 0 Å². The van der Waals surface area contributed by atoms with Crippen molar-refractivity contribution < 1.29 is 14.8 Å². The van der Waals surface area contributed by atoms with Gasteiger partial charge in [-0.15, -0.1) is 0 Å². The zero-order chi connectivity index (χ0) is 11.7. The number of fused-ring (bicyclic) bond motifs is 1. The van der Waals surface area contributed by atoms with Gasteiger partial charge in [0.15, 0.2) is 0 Å². The minimum atomic E-state index is -0.566. The van der Waals surface area contributed by atoms with Crippen LogP contribution in [0.5, 0.6) is 5.75 Å². The van der Waals surface area contributed by atoms with Crippen LogP contribution < -0.4 is 5.32 Å². The number of amides is 1. The minimum absolute atomic E-state index is 0.0113. The summed E-state index contributed by atoms with van der Waals surface area (Å²) in [5.41, 5.74) is 0.399. The van der Waals surface area contributed by atoms with Crippen molar-refractivity contribution in [3.05, 3.63) is 27.8 Å². The number of nitro benzene ring substituents is 1. The summed E-state index contributed by atoms with van der Waals surface area (Å²) in [6, 6.07) is 2.48. The van der Waals surface area contributed by atoms with Crippen LogP contribution in [0.4, 0.5) is 11.4 Å². The fourth-order valence-corrected chi connectivity index (χ4v) is 1.80. The molecule has 6 heteroatoms. The Labute approximate surface area is 91.0 Å². The first kappa shape index (κ1) is 10.4. The molecular weight excluding hydrogens is 212 g/mol. The second kappa shape index (κ2) is 3.80. The van der Waals surface area contributed by atoms with Gasteiger partial charge < -0.3 is 10.4 Å². The maximum atomic E-state index is 11.3.